The summed E-state index contributed by atoms with van der Waals surface area (Å²) in [5.41, 5.74) is 2.96. The topological polar surface area (TPSA) is 109 Å². The van der Waals surface area contributed by atoms with E-state index >= 15 is 0 Å². The van der Waals surface area contributed by atoms with Gasteiger partial charge in [0, 0.05) is 17.8 Å². The third-order valence-electron chi connectivity index (χ3n) is 6.72. The lowest BCUT2D eigenvalue weighted by Gasteiger charge is -2.29. The molecule has 0 spiro atoms. The van der Waals surface area contributed by atoms with Gasteiger partial charge in [0.05, 0.1) is 47.2 Å². The van der Waals surface area contributed by atoms with Crippen LogP contribution in [0.25, 0.3) is 0 Å². The highest BCUT2D eigenvalue weighted by Crippen LogP contribution is 2.41. The molecule has 1 atom stereocenters. The third-order valence-corrected chi connectivity index (χ3v) is 7.76. The van der Waals surface area contributed by atoms with Crippen molar-refractivity contribution in [2.45, 2.75) is 26.5 Å². The van der Waals surface area contributed by atoms with E-state index in [0.717, 1.165) is 11.1 Å². The Morgan fingerprint density at radius 2 is 1.72 bits per heavy atom. The molecule has 0 unspecified atom stereocenters. The van der Waals surface area contributed by atoms with Crippen LogP contribution in [-0.2, 0) is 11.4 Å². The number of methoxy groups -OCH3 is 2. The molecule has 1 aromatic heterocycles. The highest BCUT2D eigenvalue weighted by Gasteiger charge is 2.34. The number of halogens is 3. The second-order valence-electron chi connectivity index (χ2n) is 9.41. The minimum atomic E-state index is -0.651. The lowest BCUT2D eigenvalue weighted by atomic mass is 9.94. The van der Waals surface area contributed by atoms with Gasteiger partial charge in [-0.2, -0.15) is 10.1 Å². The number of hydrogen-bond acceptors (Lipinski definition) is 8. The Morgan fingerprint density at radius 1 is 0.930 bits per heavy atom. The zero-order valence-corrected chi connectivity index (χ0v) is 26.0. The van der Waals surface area contributed by atoms with E-state index in [2.05, 4.69) is 20.7 Å². The number of carbonyl (C=O) groups is 1. The Balaban J connectivity index is 1.50. The van der Waals surface area contributed by atoms with Crippen molar-refractivity contribution in [3.63, 3.8) is 0 Å². The molecule has 13 heteroatoms. The van der Waals surface area contributed by atoms with Crippen LogP contribution in [0.15, 0.2) is 66.1 Å². The summed E-state index contributed by atoms with van der Waals surface area (Å²) in [7, 11) is 2.98. The fourth-order valence-electron chi connectivity index (χ4n) is 4.71. The summed E-state index contributed by atoms with van der Waals surface area (Å²) >= 11 is 18.5. The number of fused-ring (bicyclic) bond motifs is 1. The zero-order chi connectivity index (χ0) is 30.7. The van der Waals surface area contributed by atoms with E-state index in [-0.39, 0.29) is 6.61 Å². The normalized spacial score (nSPS) is 14.1. The van der Waals surface area contributed by atoms with Gasteiger partial charge in [-0.05, 0) is 49.2 Å². The molecule has 0 radical (unpaired) electrons. The van der Waals surface area contributed by atoms with Gasteiger partial charge in [-0.1, -0.05) is 46.9 Å². The molecule has 0 bridgehead atoms. The van der Waals surface area contributed by atoms with E-state index < -0.39 is 11.9 Å². The molecule has 5 rings (SSSR count). The fraction of sp³-hybridized carbons (Fsp3) is 0.233. The molecule has 10 nitrogen and oxygen atoms in total. The maximum absolute atomic E-state index is 14.0. The number of carbonyl (C=O) groups excluding carboxylic acids is 1. The minimum Gasteiger partial charge on any atom is -0.495 e. The van der Waals surface area contributed by atoms with Gasteiger partial charge in [0.1, 0.15) is 30.5 Å². The first-order valence-corrected chi connectivity index (χ1v) is 14.3. The summed E-state index contributed by atoms with van der Waals surface area (Å²) in [4.78, 5) is 18.3. The monoisotopic (exact) mass is 643 g/mol. The number of amides is 1. The van der Waals surface area contributed by atoms with E-state index in [1.54, 1.807) is 41.9 Å². The number of nitrogens with one attached hydrogen (secondary N) is 2. The number of nitrogens with zero attached hydrogens (tertiary/aromatic N) is 3. The molecule has 0 aliphatic carbocycles. The molecule has 2 N–H and O–H groups in total. The van der Waals surface area contributed by atoms with E-state index in [4.69, 9.17) is 53.8 Å². The average molecular weight is 645 g/mol. The van der Waals surface area contributed by atoms with Crippen LogP contribution >= 0.6 is 34.8 Å². The first-order chi connectivity index (χ1) is 20.7. The van der Waals surface area contributed by atoms with Crippen LogP contribution in [0.1, 0.15) is 31.0 Å². The molecule has 3 aromatic carbocycles. The van der Waals surface area contributed by atoms with Crippen LogP contribution in [0.4, 0.5) is 11.6 Å². The predicted molar refractivity (Wildman–Crippen MR) is 166 cm³/mol. The minimum absolute atomic E-state index is 0.246. The van der Waals surface area contributed by atoms with Crippen molar-refractivity contribution in [2.24, 2.45) is 0 Å². The molecule has 43 heavy (non-hydrogen) atoms. The number of anilines is 2. The van der Waals surface area contributed by atoms with Gasteiger partial charge in [-0.15, -0.1) is 0 Å². The van der Waals surface area contributed by atoms with E-state index in [9.17, 15) is 4.79 Å². The highest BCUT2D eigenvalue weighted by atomic mass is 35.5. The van der Waals surface area contributed by atoms with Crippen molar-refractivity contribution in [2.75, 3.05) is 31.5 Å². The number of rotatable bonds is 10. The number of ether oxygens (including phenoxy) is 4. The Kier molecular flexibility index (Phi) is 9.19. The van der Waals surface area contributed by atoms with E-state index in [1.165, 1.54) is 20.5 Å². The van der Waals surface area contributed by atoms with Gasteiger partial charge >= 0.3 is 0 Å². The molecule has 2 heterocycles. The summed E-state index contributed by atoms with van der Waals surface area (Å²) in [6.45, 7) is 4.33. The molecule has 224 valence electrons. The lowest BCUT2D eigenvalue weighted by Crippen LogP contribution is -2.31. The molecule has 0 fully saturated rings. The first kappa shape index (κ1) is 30.3. The Labute approximate surface area is 263 Å². The number of benzene rings is 3. The van der Waals surface area contributed by atoms with Crippen molar-refractivity contribution in [1.82, 2.24) is 14.8 Å². The van der Waals surface area contributed by atoms with Crippen LogP contribution in [-0.4, -0.2) is 41.5 Å². The van der Waals surface area contributed by atoms with Crippen molar-refractivity contribution >= 4 is 52.3 Å². The SMILES string of the molecule is CCOc1cc([C@@H]2C(C(=O)Nc3cc(OC)c(Cl)cc3OC)=C(C)Nc3ncnn32)ccc1OCc1ccc(Cl)c(Cl)c1. The highest BCUT2D eigenvalue weighted by molar-refractivity contribution is 6.42. The zero-order valence-electron chi connectivity index (χ0n) is 23.7. The fourth-order valence-corrected chi connectivity index (χ4v) is 5.27. The second-order valence-corrected chi connectivity index (χ2v) is 10.6. The van der Waals surface area contributed by atoms with Gasteiger partial charge in [0.25, 0.3) is 5.91 Å². The molecular formula is C30H28Cl3N5O5. The standard InChI is InChI=1S/C30H28Cl3N5O5/c1-5-42-26-11-18(7-9-23(26)43-14-17-6-8-19(31)20(32)10-17)28-27(16(2)36-30-34-15-35-38(28)30)29(39)37-22-13-24(40-3)21(33)12-25(22)41-4/h6-13,15,28H,5,14H2,1-4H3,(H,37,39)(H,34,35,36)/t28-/m1/s1. The number of aromatic nitrogens is 3. The Hall–Kier alpha value is -4.12. The van der Waals surface area contributed by atoms with Gasteiger partial charge in [0.2, 0.25) is 5.95 Å². The van der Waals surface area contributed by atoms with E-state index in [0.29, 0.717) is 67.6 Å². The van der Waals surface area contributed by atoms with Gasteiger partial charge in [0.15, 0.2) is 11.5 Å². The predicted octanol–water partition coefficient (Wildman–Crippen LogP) is 7.16. The number of hydrogen-bond donors (Lipinski definition) is 2. The van der Waals surface area contributed by atoms with Crippen LogP contribution in [0, 0.1) is 0 Å². The van der Waals surface area contributed by atoms with Crippen molar-refractivity contribution < 1.29 is 23.7 Å². The first-order valence-electron chi connectivity index (χ1n) is 13.2. The average Bonchev–Trinajstić information content (AvgIpc) is 3.46. The maximum atomic E-state index is 14.0. The summed E-state index contributed by atoms with van der Waals surface area (Å²) in [6.07, 6.45) is 1.43. The summed E-state index contributed by atoms with van der Waals surface area (Å²) in [5, 5.41) is 11.8. The second kappa shape index (κ2) is 13.0. The molecule has 1 amide bonds. The van der Waals surface area contributed by atoms with Gasteiger partial charge in [-0.3, -0.25) is 4.79 Å². The van der Waals surface area contributed by atoms with Crippen LogP contribution < -0.4 is 29.6 Å². The summed E-state index contributed by atoms with van der Waals surface area (Å²) in [6, 6.07) is 13.3. The van der Waals surface area contributed by atoms with Gasteiger partial charge in [-0.25, -0.2) is 4.68 Å². The molecule has 0 saturated carbocycles. The lowest BCUT2D eigenvalue weighted by molar-refractivity contribution is -0.113. The van der Waals surface area contributed by atoms with Crippen LogP contribution in [0.5, 0.6) is 23.0 Å². The van der Waals surface area contributed by atoms with Crippen LogP contribution in [0.3, 0.4) is 0 Å². The molecule has 4 aromatic rings. The Bertz CT molecular complexity index is 1710. The maximum Gasteiger partial charge on any atom is 0.255 e. The van der Waals surface area contributed by atoms with Crippen molar-refractivity contribution in [1.29, 1.82) is 0 Å². The largest absolute Gasteiger partial charge is 0.495 e. The molecule has 1 aliphatic heterocycles. The summed E-state index contributed by atoms with van der Waals surface area (Å²) < 4.78 is 24.5. The third kappa shape index (κ3) is 6.31. The quantitative estimate of drug-likeness (QED) is 0.187. The number of allylic oxidation sites excluding steroid dienone is 1. The smallest absolute Gasteiger partial charge is 0.255 e. The molecular weight excluding hydrogens is 617 g/mol. The molecule has 1 aliphatic rings. The Morgan fingerprint density at radius 3 is 2.44 bits per heavy atom. The van der Waals surface area contributed by atoms with Crippen molar-refractivity contribution in [3.05, 3.63) is 92.3 Å². The van der Waals surface area contributed by atoms with E-state index in [1.807, 2.05) is 25.1 Å². The van der Waals surface area contributed by atoms with Crippen molar-refractivity contribution in [3.8, 4) is 23.0 Å². The van der Waals surface area contributed by atoms with Crippen LogP contribution in [0.2, 0.25) is 15.1 Å². The summed E-state index contributed by atoms with van der Waals surface area (Å²) in [5.74, 6) is 1.88. The molecule has 0 saturated heterocycles. The van der Waals surface area contributed by atoms with Gasteiger partial charge < -0.3 is 29.6 Å².